The van der Waals surface area contributed by atoms with Crippen LogP contribution in [0.4, 0.5) is 5.69 Å². The molecule has 3 rings (SSSR count). The molecule has 1 amide bonds. The van der Waals surface area contributed by atoms with Gasteiger partial charge in [0.2, 0.25) is 0 Å². The third-order valence-electron chi connectivity index (χ3n) is 3.98. The highest BCUT2D eigenvalue weighted by molar-refractivity contribution is 6.32. The van der Waals surface area contributed by atoms with Crippen molar-refractivity contribution in [2.75, 3.05) is 5.32 Å². The third kappa shape index (κ3) is 3.74. The van der Waals surface area contributed by atoms with E-state index in [4.69, 9.17) is 16.3 Å². The van der Waals surface area contributed by atoms with Crippen LogP contribution >= 0.6 is 11.6 Å². The fraction of sp³-hybridized carbons (Fsp3) is 0.200. The van der Waals surface area contributed by atoms with E-state index in [1.807, 2.05) is 56.3 Å². The number of nitrogens with one attached hydrogen (secondary N) is 1. The first-order chi connectivity index (χ1) is 12.0. The summed E-state index contributed by atoms with van der Waals surface area (Å²) in [5, 5.41) is 4.58. The summed E-state index contributed by atoms with van der Waals surface area (Å²) in [6.45, 7) is 5.54. The quantitative estimate of drug-likeness (QED) is 0.724. The maximum Gasteiger partial charge on any atom is 0.265 e. The van der Waals surface area contributed by atoms with Crippen LogP contribution in [-0.4, -0.2) is 17.0 Å². The standard InChI is InChI=1S/C20H19ClN2O2/c1-12-10-16(11-13(2)18(12)21)25-14(3)20(24)23-17-8-4-6-15-7-5-9-22-19(15)17/h4-11,14H,1-3H3,(H,23,24)/t14-/m0/s1. The topological polar surface area (TPSA) is 51.2 Å². The predicted molar refractivity (Wildman–Crippen MR) is 101 cm³/mol. The van der Waals surface area contributed by atoms with Crippen LogP contribution < -0.4 is 10.1 Å². The molecule has 4 nitrogen and oxygen atoms in total. The van der Waals surface area contributed by atoms with E-state index in [0.29, 0.717) is 16.5 Å². The van der Waals surface area contributed by atoms with Gasteiger partial charge in [0.05, 0.1) is 11.2 Å². The van der Waals surface area contributed by atoms with Gasteiger partial charge in [0, 0.05) is 16.6 Å². The highest BCUT2D eigenvalue weighted by Gasteiger charge is 2.17. The van der Waals surface area contributed by atoms with Crippen molar-refractivity contribution in [3.05, 3.63) is 64.8 Å². The smallest absolute Gasteiger partial charge is 0.265 e. The summed E-state index contributed by atoms with van der Waals surface area (Å²) in [5.74, 6) is 0.390. The summed E-state index contributed by atoms with van der Waals surface area (Å²) < 4.78 is 5.79. The van der Waals surface area contributed by atoms with Crippen molar-refractivity contribution in [3.8, 4) is 5.75 Å². The molecule has 0 saturated carbocycles. The van der Waals surface area contributed by atoms with Crippen LogP contribution in [0.3, 0.4) is 0 Å². The predicted octanol–water partition coefficient (Wildman–Crippen LogP) is 4.91. The Morgan fingerprint density at radius 3 is 2.56 bits per heavy atom. The molecule has 0 aliphatic carbocycles. The lowest BCUT2D eigenvalue weighted by molar-refractivity contribution is -0.122. The van der Waals surface area contributed by atoms with E-state index < -0.39 is 6.10 Å². The number of hydrogen-bond donors (Lipinski definition) is 1. The molecule has 1 atom stereocenters. The zero-order valence-electron chi connectivity index (χ0n) is 14.3. The number of hydrogen-bond acceptors (Lipinski definition) is 3. The van der Waals surface area contributed by atoms with Gasteiger partial charge in [0.1, 0.15) is 5.75 Å². The number of anilines is 1. The van der Waals surface area contributed by atoms with Gasteiger partial charge < -0.3 is 10.1 Å². The Bertz CT molecular complexity index is 912. The second-order valence-corrected chi connectivity index (χ2v) is 6.38. The minimum atomic E-state index is -0.654. The Morgan fingerprint density at radius 1 is 1.16 bits per heavy atom. The van der Waals surface area contributed by atoms with Crippen molar-refractivity contribution in [2.24, 2.45) is 0 Å². The zero-order chi connectivity index (χ0) is 18.0. The molecule has 0 radical (unpaired) electrons. The van der Waals surface area contributed by atoms with Crippen molar-refractivity contribution in [2.45, 2.75) is 26.9 Å². The summed E-state index contributed by atoms with van der Waals surface area (Å²) >= 11 is 6.17. The van der Waals surface area contributed by atoms with Crippen molar-refractivity contribution in [1.29, 1.82) is 0 Å². The molecule has 0 unspecified atom stereocenters. The molecule has 1 heterocycles. The molecule has 2 aromatic carbocycles. The van der Waals surface area contributed by atoms with Gasteiger partial charge in [0.15, 0.2) is 6.10 Å². The molecule has 25 heavy (non-hydrogen) atoms. The van der Waals surface area contributed by atoms with Gasteiger partial charge in [-0.05, 0) is 56.2 Å². The van der Waals surface area contributed by atoms with Crippen LogP contribution in [-0.2, 0) is 4.79 Å². The monoisotopic (exact) mass is 354 g/mol. The first-order valence-corrected chi connectivity index (χ1v) is 8.41. The number of benzene rings is 2. The third-order valence-corrected chi connectivity index (χ3v) is 4.58. The molecule has 0 spiro atoms. The van der Waals surface area contributed by atoms with Crippen LogP contribution in [0.15, 0.2) is 48.7 Å². The van der Waals surface area contributed by atoms with Crippen LogP contribution in [0.5, 0.6) is 5.75 Å². The fourth-order valence-electron chi connectivity index (χ4n) is 2.67. The van der Waals surface area contributed by atoms with E-state index in [2.05, 4.69) is 10.3 Å². The first kappa shape index (κ1) is 17.2. The molecule has 0 aliphatic rings. The molecule has 128 valence electrons. The van der Waals surface area contributed by atoms with Crippen molar-refractivity contribution in [1.82, 2.24) is 4.98 Å². The van der Waals surface area contributed by atoms with Crippen molar-refractivity contribution < 1.29 is 9.53 Å². The fourth-order valence-corrected chi connectivity index (χ4v) is 2.78. The molecule has 0 fully saturated rings. The van der Waals surface area contributed by atoms with Gasteiger partial charge in [0.25, 0.3) is 5.91 Å². The first-order valence-electron chi connectivity index (χ1n) is 8.03. The highest BCUT2D eigenvalue weighted by Crippen LogP contribution is 2.27. The van der Waals surface area contributed by atoms with Gasteiger partial charge in [-0.2, -0.15) is 0 Å². The molecular formula is C20H19ClN2O2. The maximum atomic E-state index is 12.5. The summed E-state index contributed by atoms with van der Waals surface area (Å²) in [5.41, 5.74) is 3.26. The van der Waals surface area contributed by atoms with E-state index in [1.165, 1.54) is 0 Å². The second-order valence-electron chi connectivity index (χ2n) is 6.00. The number of halogens is 1. The normalized spacial score (nSPS) is 12.0. The lowest BCUT2D eigenvalue weighted by Crippen LogP contribution is -2.30. The Hall–Kier alpha value is -2.59. The Balaban J connectivity index is 1.77. The number of amides is 1. The van der Waals surface area contributed by atoms with E-state index in [1.54, 1.807) is 13.1 Å². The van der Waals surface area contributed by atoms with Gasteiger partial charge in [-0.15, -0.1) is 0 Å². The summed E-state index contributed by atoms with van der Waals surface area (Å²) in [6.07, 6.45) is 1.05. The Morgan fingerprint density at radius 2 is 1.84 bits per heavy atom. The van der Waals surface area contributed by atoms with E-state index >= 15 is 0 Å². The number of fused-ring (bicyclic) bond motifs is 1. The number of pyridine rings is 1. The lowest BCUT2D eigenvalue weighted by Gasteiger charge is -2.16. The number of carbonyl (C=O) groups is 1. The molecule has 0 bridgehead atoms. The maximum absolute atomic E-state index is 12.5. The van der Waals surface area contributed by atoms with Gasteiger partial charge in [-0.1, -0.05) is 29.8 Å². The average Bonchev–Trinajstić information content (AvgIpc) is 2.60. The molecule has 0 saturated heterocycles. The number of aromatic nitrogens is 1. The number of carbonyl (C=O) groups excluding carboxylic acids is 1. The molecule has 1 N–H and O–H groups in total. The summed E-state index contributed by atoms with van der Waals surface area (Å²) in [4.78, 5) is 16.8. The van der Waals surface area contributed by atoms with Crippen LogP contribution in [0.2, 0.25) is 5.02 Å². The summed E-state index contributed by atoms with van der Waals surface area (Å²) in [7, 11) is 0. The van der Waals surface area contributed by atoms with E-state index in [-0.39, 0.29) is 5.91 Å². The number of ether oxygens (including phenoxy) is 1. The highest BCUT2D eigenvalue weighted by atomic mass is 35.5. The molecule has 0 aliphatic heterocycles. The summed E-state index contributed by atoms with van der Waals surface area (Å²) in [6, 6.07) is 13.2. The number of aryl methyl sites for hydroxylation is 2. The van der Waals surface area contributed by atoms with Crippen LogP contribution in [0, 0.1) is 13.8 Å². The van der Waals surface area contributed by atoms with Gasteiger partial charge >= 0.3 is 0 Å². The van der Waals surface area contributed by atoms with Gasteiger partial charge in [-0.25, -0.2) is 0 Å². The van der Waals surface area contributed by atoms with E-state index in [0.717, 1.165) is 22.0 Å². The number of rotatable bonds is 4. The molecule has 5 heteroatoms. The molecular weight excluding hydrogens is 336 g/mol. The van der Waals surface area contributed by atoms with E-state index in [9.17, 15) is 4.79 Å². The number of para-hydroxylation sites is 1. The molecule has 1 aromatic heterocycles. The van der Waals surface area contributed by atoms with Crippen LogP contribution in [0.25, 0.3) is 10.9 Å². The SMILES string of the molecule is Cc1cc(O[C@@H](C)C(=O)Nc2cccc3cccnc23)cc(C)c1Cl. The average molecular weight is 355 g/mol. The molecule has 3 aromatic rings. The van der Waals surface area contributed by atoms with Crippen molar-refractivity contribution in [3.63, 3.8) is 0 Å². The zero-order valence-corrected chi connectivity index (χ0v) is 15.1. The largest absolute Gasteiger partial charge is 0.481 e. The van der Waals surface area contributed by atoms with Crippen LogP contribution in [0.1, 0.15) is 18.1 Å². The van der Waals surface area contributed by atoms with Gasteiger partial charge in [-0.3, -0.25) is 9.78 Å². The number of nitrogens with zero attached hydrogens (tertiary/aromatic N) is 1. The second kappa shape index (κ2) is 7.11. The Labute approximate surface area is 151 Å². The minimum absolute atomic E-state index is 0.233. The lowest BCUT2D eigenvalue weighted by atomic mass is 10.1. The minimum Gasteiger partial charge on any atom is -0.481 e. The Kier molecular flexibility index (Phi) is 4.91. The van der Waals surface area contributed by atoms with Crippen molar-refractivity contribution >= 4 is 34.1 Å².